The molecule has 1 aromatic rings. The number of hydrogen-bond acceptors (Lipinski definition) is 3. The average Bonchev–Trinajstić information content (AvgIpc) is 2.49. The molecule has 0 bridgehead atoms. The third kappa shape index (κ3) is 1.51. The number of hydrogen-bond donors (Lipinski definition) is 1. The van der Waals surface area contributed by atoms with Crippen molar-refractivity contribution >= 4 is 5.78 Å². The van der Waals surface area contributed by atoms with Gasteiger partial charge in [0.05, 0.1) is 6.07 Å². The fourth-order valence-corrected chi connectivity index (χ4v) is 0.825. The summed E-state index contributed by atoms with van der Waals surface area (Å²) in [6.45, 7) is 3.32. The Kier molecular flexibility index (Phi) is 2.24. The number of Topliss-reactive ketones (excluding diaryl/α,β-unsaturated/α-hetero) is 1. The summed E-state index contributed by atoms with van der Waals surface area (Å²) in [5.74, 6) is -0.168. The van der Waals surface area contributed by atoms with Crippen LogP contribution in [-0.2, 0) is 0 Å². The maximum absolute atomic E-state index is 11.3. The smallest absolute Gasteiger partial charge is 0.199 e. The number of nitrogens with zero attached hydrogens (tertiary/aromatic N) is 2. The standard InChI is InChI=1S/C8H9N3O/c1-5(3-9)8(12)7-4-10-6(2)11-7/h4-5H,1-2H3,(H,10,11). The lowest BCUT2D eigenvalue weighted by molar-refractivity contribution is 0.0952. The van der Waals surface area contributed by atoms with Crippen LogP contribution < -0.4 is 0 Å². The number of carbonyl (C=O) groups is 1. The second kappa shape index (κ2) is 3.18. The van der Waals surface area contributed by atoms with Gasteiger partial charge in [-0.05, 0) is 13.8 Å². The van der Waals surface area contributed by atoms with Crippen molar-refractivity contribution in [1.82, 2.24) is 9.97 Å². The largest absolute Gasteiger partial charge is 0.348 e. The van der Waals surface area contributed by atoms with Gasteiger partial charge in [0.15, 0.2) is 5.78 Å². The molecular formula is C8H9N3O. The quantitative estimate of drug-likeness (QED) is 0.663. The van der Waals surface area contributed by atoms with Crippen molar-refractivity contribution in [2.75, 3.05) is 0 Å². The molecule has 1 aromatic heterocycles. The maximum atomic E-state index is 11.3. The van der Waals surface area contributed by atoms with Crippen LogP contribution in [0.15, 0.2) is 6.20 Å². The van der Waals surface area contributed by atoms with Crippen LogP contribution in [0.4, 0.5) is 0 Å². The molecule has 0 aliphatic rings. The molecule has 12 heavy (non-hydrogen) atoms. The lowest BCUT2D eigenvalue weighted by atomic mass is 10.1. The van der Waals surface area contributed by atoms with E-state index in [1.165, 1.54) is 6.20 Å². The summed E-state index contributed by atoms with van der Waals surface area (Å²) >= 11 is 0. The Hall–Kier alpha value is -1.63. The highest BCUT2D eigenvalue weighted by atomic mass is 16.1. The Labute approximate surface area is 70.2 Å². The topological polar surface area (TPSA) is 69.5 Å². The second-order valence-electron chi connectivity index (χ2n) is 2.59. The molecule has 0 saturated carbocycles. The number of ketones is 1. The van der Waals surface area contributed by atoms with Gasteiger partial charge < -0.3 is 4.98 Å². The zero-order valence-electron chi connectivity index (χ0n) is 6.96. The van der Waals surface area contributed by atoms with Crippen LogP contribution in [0.1, 0.15) is 23.2 Å². The summed E-state index contributed by atoms with van der Waals surface area (Å²) in [4.78, 5) is 18.0. The van der Waals surface area contributed by atoms with Crippen molar-refractivity contribution < 1.29 is 4.79 Å². The van der Waals surface area contributed by atoms with Crippen molar-refractivity contribution in [3.63, 3.8) is 0 Å². The number of aryl methyl sites for hydroxylation is 1. The minimum atomic E-state index is -0.618. The Morgan fingerprint density at radius 1 is 1.83 bits per heavy atom. The molecule has 0 fully saturated rings. The molecule has 0 aliphatic heterocycles. The highest BCUT2D eigenvalue weighted by molar-refractivity contribution is 5.97. The van der Waals surface area contributed by atoms with E-state index in [0.717, 1.165) is 0 Å². The van der Waals surface area contributed by atoms with Crippen LogP contribution in [0.25, 0.3) is 0 Å². The molecule has 4 nitrogen and oxygen atoms in total. The van der Waals surface area contributed by atoms with Crippen LogP contribution >= 0.6 is 0 Å². The van der Waals surface area contributed by atoms with E-state index >= 15 is 0 Å². The summed E-state index contributed by atoms with van der Waals surface area (Å²) in [7, 11) is 0. The third-order valence-corrected chi connectivity index (χ3v) is 1.55. The first-order valence-electron chi connectivity index (χ1n) is 3.61. The molecular weight excluding hydrogens is 154 g/mol. The van der Waals surface area contributed by atoms with Crippen LogP contribution in [0, 0.1) is 24.2 Å². The Morgan fingerprint density at radius 3 is 2.92 bits per heavy atom. The Bertz CT molecular complexity index is 334. The normalized spacial score (nSPS) is 12.1. The van der Waals surface area contributed by atoms with E-state index < -0.39 is 5.92 Å². The van der Waals surface area contributed by atoms with Crippen molar-refractivity contribution in [3.05, 3.63) is 17.7 Å². The van der Waals surface area contributed by atoms with Crippen molar-refractivity contribution in [2.45, 2.75) is 13.8 Å². The Morgan fingerprint density at radius 2 is 2.50 bits per heavy atom. The number of imidazole rings is 1. The van der Waals surface area contributed by atoms with Crippen LogP contribution in [0.5, 0.6) is 0 Å². The van der Waals surface area contributed by atoms with E-state index in [0.29, 0.717) is 11.5 Å². The average molecular weight is 163 g/mol. The van der Waals surface area contributed by atoms with Gasteiger partial charge in [-0.3, -0.25) is 4.79 Å². The minimum absolute atomic E-state index is 0.234. The van der Waals surface area contributed by atoms with Gasteiger partial charge in [0.2, 0.25) is 0 Å². The molecule has 1 unspecified atom stereocenters. The third-order valence-electron chi connectivity index (χ3n) is 1.55. The van der Waals surface area contributed by atoms with Crippen molar-refractivity contribution in [3.8, 4) is 6.07 Å². The van der Waals surface area contributed by atoms with Gasteiger partial charge >= 0.3 is 0 Å². The van der Waals surface area contributed by atoms with Gasteiger partial charge in [-0.1, -0.05) is 0 Å². The lowest BCUT2D eigenvalue weighted by Gasteiger charge is -1.95. The van der Waals surface area contributed by atoms with Gasteiger partial charge in [0, 0.05) is 6.20 Å². The molecule has 4 heteroatoms. The maximum Gasteiger partial charge on any atom is 0.199 e. The molecule has 0 radical (unpaired) electrons. The molecule has 1 atom stereocenters. The summed E-state index contributed by atoms with van der Waals surface area (Å²) in [6.07, 6.45) is 1.52. The monoisotopic (exact) mass is 163 g/mol. The summed E-state index contributed by atoms with van der Waals surface area (Å²) < 4.78 is 0. The van der Waals surface area contributed by atoms with Crippen molar-refractivity contribution in [1.29, 1.82) is 5.26 Å². The number of aromatic nitrogens is 2. The number of aromatic amines is 1. The van der Waals surface area contributed by atoms with E-state index in [2.05, 4.69) is 9.97 Å². The molecule has 0 saturated heterocycles. The second-order valence-corrected chi connectivity index (χ2v) is 2.59. The molecule has 1 heterocycles. The highest BCUT2D eigenvalue weighted by Crippen LogP contribution is 2.04. The van der Waals surface area contributed by atoms with Gasteiger partial charge in [0.25, 0.3) is 0 Å². The van der Waals surface area contributed by atoms with Crippen LogP contribution in [-0.4, -0.2) is 15.8 Å². The van der Waals surface area contributed by atoms with E-state index in [-0.39, 0.29) is 5.78 Å². The molecule has 0 amide bonds. The van der Waals surface area contributed by atoms with Crippen LogP contribution in [0.2, 0.25) is 0 Å². The SMILES string of the molecule is Cc1nc(C(=O)C(C)C#N)c[nH]1. The van der Waals surface area contributed by atoms with E-state index in [1.54, 1.807) is 13.8 Å². The predicted molar refractivity (Wildman–Crippen MR) is 42.4 cm³/mol. The Balaban J connectivity index is 2.87. The summed E-state index contributed by atoms with van der Waals surface area (Å²) in [5.41, 5.74) is 0.335. The number of carbonyl (C=O) groups excluding carboxylic acids is 1. The molecule has 0 aliphatic carbocycles. The van der Waals surface area contributed by atoms with Gasteiger partial charge in [-0.15, -0.1) is 0 Å². The van der Waals surface area contributed by atoms with Crippen molar-refractivity contribution in [2.24, 2.45) is 5.92 Å². The molecule has 0 aromatic carbocycles. The minimum Gasteiger partial charge on any atom is -0.348 e. The van der Waals surface area contributed by atoms with Gasteiger partial charge in [-0.25, -0.2) is 4.98 Å². The first kappa shape index (κ1) is 8.47. The van der Waals surface area contributed by atoms with Gasteiger partial charge in [0.1, 0.15) is 17.4 Å². The zero-order valence-corrected chi connectivity index (χ0v) is 6.96. The fraction of sp³-hybridized carbons (Fsp3) is 0.375. The van der Waals surface area contributed by atoms with Crippen LogP contribution in [0.3, 0.4) is 0 Å². The molecule has 1 rings (SSSR count). The van der Waals surface area contributed by atoms with Gasteiger partial charge in [-0.2, -0.15) is 5.26 Å². The number of nitrogens with one attached hydrogen (secondary N) is 1. The first-order chi connectivity index (χ1) is 5.65. The predicted octanol–water partition coefficient (Wildman–Crippen LogP) is 1.06. The number of nitriles is 1. The molecule has 62 valence electrons. The number of rotatable bonds is 2. The number of H-pyrrole nitrogens is 1. The van der Waals surface area contributed by atoms with E-state index in [1.807, 2.05) is 6.07 Å². The van der Waals surface area contributed by atoms with E-state index in [9.17, 15) is 4.79 Å². The lowest BCUT2D eigenvalue weighted by Crippen LogP contribution is -2.09. The first-order valence-corrected chi connectivity index (χ1v) is 3.61. The van der Waals surface area contributed by atoms with E-state index in [4.69, 9.17) is 5.26 Å². The summed E-state index contributed by atoms with van der Waals surface area (Å²) in [6, 6.07) is 1.87. The fourth-order valence-electron chi connectivity index (χ4n) is 0.825. The molecule has 1 N–H and O–H groups in total. The summed E-state index contributed by atoms with van der Waals surface area (Å²) in [5, 5.41) is 8.46. The molecule has 0 spiro atoms. The zero-order chi connectivity index (χ0) is 9.14. The highest BCUT2D eigenvalue weighted by Gasteiger charge is 2.16.